The summed E-state index contributed by atoms with van der Waals surface area (Å²) in [5.41, 5.74) is 1.21. The SMILES string of the molecule is CC(C)C1CC(Nc2ccc(Sc3ncn[nH]3)cc2)C1. The van der Waals surface area contributed by atoms with Gasteiger partial charge in [-0.25, -0.2) is 4.98 Å². The second kappa shape index (κ2) is 5.87. The van der Waals surface area contributed by atoms with Crippen LogP contribution in [0.5, 0.6) is 0 Å². The second-order valence-electron chi connectivity index (χ2n) is 5.73. The molecule has 0 bridgehead atoms. The van der Waals surface area contributed by atoms with Crippen LogP contribution in [-0.4, -0.2) is 21.2 Å². The van der Waals surface area contributed by atoms with Crippen molar-refractivity contribution in [3.05, 3.63) is 30.6 Å². The molecular weight excluding hydrogens is 268 g/mol. The number of aromatic amines is 1. The number of anilines is 1. The van der Waals surface area contributed by atoms with E-state index in [0.29, 0.717) is 6.04 Å². The summed E-state index contributed by atoms with van der Waals surface area (Å²) in [5, 5.41) is 11.1. The fourth-order valence-corrected chi connectivity index (χ4v) is 3.23. The van der Waals surface area contributed by atoms with Gasteiger partial charge in [0.05, 0.1) is 0 Å². The van der Waals surface area contributed by atoms with E-state index in [9.17, 15) is 0 Å². The molecule has 0 saturated heterocycles. The van der Waals surface area contributed by atoms with Crippen LogP contribution in [0.25, 0.3) is 0 Å². The van der Waals surface area contributed by atoms with E-state index in [0.717, 1.165) is 17.0 Å². The molecule has 106 valence electrons. The molecule has 1 aliphatic carbocycles. The highest BCUT2D eigenvalue weighted by atomic mass is 32.2. The number of hydrogen-bond donors (Lipinski definition) is 2. The summed E-state index contributed by atoms with van der Waals surface area (Å²) >= 11 is 1.59. The quantitative estimate of drug-likeness (QED) is 0.878. The van der Waals surface area contributed by atoms with E-state index in [-0.39, 0.29) is 0 Å². The van der Waals surface area contributed by atoms with Crippen LogP contribution in [0.3, 0.4) is 0 Å². The van der Waals surface area contributed by atoms with Crippen molar-refractivity contribution >= 4 is 17.4 Å². The zero-order chi connectivity index (χ0) is 13.9. The molecule has 1 aliphatic rings. The van der Waals surface area contributed by atoms with Crippen molar-refractivity contribution in [2.75, 3.05) is 5.32 Å². The molecule has 5 heteroatoms. The maximum Gasteiger partial charge on any atom is 0.188 e. The van der Waals surface area contributed by atoms with Gasteiger partial charge in [-0.2, -0.15) is 5.10 Å². The highest BCUT2D eigenvalue weighted by Gasteiger charge is 2.30. The Labute approximate surface area is 123 Å². The van der Waals surface area contributed by atoms with E-state index in [4.69, 9.17) is 0 Å². The highest BCUT2D eigenvalue weighted by molar-refractivity contribution is 7.99. The van der Waals surface area contributed by atoms with Crippen LogP contribution < -0.4 is 5.32 Å². The van der Waals surface area contributed by atoms with Gasteiger partial charge in [0.25, 0.3) is 0 Å². The van der Waals surface area contributed by atoms with E-state index in [1.54, 1.807) is 11.8 Å². The monoisotopic (exact) mass is 288 g/mol. The molecule has 4 nitrogen and oxygen atoms in total. The lowest BCUT2D eigenvalue weighted by Gasteiger charge is -2.39. The van der Waals surface area contributed by atoms with Crippen molar-refractivity contribution in [3.8, 4) is 0 Å². The fraction of sp³-hybridized carbons (Fsp3) is 0.467. The summed E-state index contributed by atoms with van der Waals surface area (Å²) < 4.78 is 0. The van der Waals surface area contributed by atoms with Gasteiger partial charge in [0, 0.05) is 16.6 Å². The standard InChI is InChI=1S/C15H20N4S/c1-10(2)11-7-13(8-11)18-12-3-5-14(6-4-12)20-15-16-9-17-19-15/h3-6,9-11,13,18H,7-8H2,1-2H3,(H,16,17,19). The minimum atomic E-state index is 0.648. The molecule has 0 aliphatic heterocycles. The Hall–Kier alpha value is -1.49. The zero-order valence-electron chi connectivity index (χ0n) is 11.8. The number of rotatable bonds is 5. The number of benzene rings is 1. The van der Waals surface area contributed by atoms with Crippen molar-refractivity contribution in [2.45, 2.75) is 42.8 Å². The minimum Gasteiger partial charge on any atom is -0.382 e. The molecule has 1 aromatic carbocycles. The number of H-pyrrole nitrogens is 1. The molecule has 2 N–H and O–H groups in total. The predicted molar refractivity (Wildman–Crippen MR) is 81.9 cm³/mol. The fourth-order valence-electron chi connectivity index (χ4n) is 2.53. The lowest BCUT2D eigenvalue weighted by Crippen LogP contribution is -2.37. The minimum absolute atomic E-state index is 0.648. The largest absolute Gasteiger partial charge is 0.382 e. The van der Waals surface area contributed by atoms with E-state index in [1.807, 2.05) is 0 Å². The Bertz CT molecular complexity index is 530. The lowest BCUT2D eigenvalue weighted by molar-refractivity contribution is 0.212. The Morgan fingerprint density at radius 3 is 2.60 bits per heavy atom. The van der Waals surface area contributed by atoms with Gasteiger partial charge >= 0.3 is 0 Å². The van der Waals surface area contributed by atoms with Crippen LogP contribution in [0.1, 0.15) is 26.7 Å². The molecule has 0 spiro atoms. The van der Waals surface area contributed by atoms with Gasteiger partial charge in [0.1, 0.15) is 6.33 Å². The van der Waals surface area contributed by atoms with E-state index < -0.39 is 0 Å². The molecule has 3 rings (SSSR count). The third-order valence-electron chi connectivity index (χ3n) is 3.95. The van der Waals surface area contributed by atoms with Crippen LogP contribution in [0.4, 0.5) is 5.69 Å². The van der Waals surface area contributed by atoms with Gasteiger partial charge in [0.2, 0.25) is 0 Å². The second-order valence-corrected chi connectivity index (χ2v) is 6.80. The van der Waals surface area contributed by atoms with Crippen LogP contribution in [0, 0.1) is 11.8 Å². The van der Waals surface area contributed by atoms with Crippen molar-refractivity contribution < 1.29 is 0 Å². The Kier molecular flexibility index (Phi) is 3.96. The molecule has 0 radical (unpaired) electrons. The molecule has 0 atom stereocenters. The van der Waals surface area contributed by atoms with Crippen molar-refractivity contribution in [1.82, 2.24) is 15.2 Å². The Morgan fingerprint density at radius 2 is 2.00 bits per heavy atom. The van der Waals surface area contributed by atoms with E-state index >= 15 is 0 Å². The molecule has 0 amide bonds. The van der Waals surface area contributed by atoms with E-state index in [2.05, 4.69) is 58.6 Å². The summed E-state index contributed by atoms with van der Waals surface area (Å²) in [7, 11) is 0. The zero-order valence-corrected chi connectivity index (χ0v) is 12.7. The van der Waals surface area contributed by atoms with Crippen LogP contribution in [-0.2, 0) is 0 Å². The summed E-state index contributed by atoms with van der Waals surface area (Å²) in [6.45, 7) is 4.63. The third-order valence-corrected chi connectivity index (χ3v) is 4.85. The molecule has 1 heterocycles. The van der Waals surface area contributed by atoms with E-state index in [1.165, 1.54) is 29.8 Å². The van der Waals surface area contributed by atoms with Gasteiger partial charge in [-0.05, 0) is 48.9 Å². The first-order valence-corrected chi connectivity index (χ1v) is 7.92. The van der Waals surface area contributed by atoms with Crippen molar-refractivity contribution in [1.29, 1.82) is 0 Å². The number of nitrogens with zero attached hydrogens (tertiary/aromatic N) is 2. The molecule has 0 unspecified atom stereocenters. The normalized spacial score (nSPS) is 21.8. The maximum absolute atomic E-state index is 4.11. The summed E-state index contributed by atoms with van der Waals surface area (Å²) in [6.07, 6.45) is 4.12. The first-order valence-electron chi connectivity index (χ1n) is 7.10. The maximum atomic E-state index is 4.11. The third kappa shape index (κ3) is 3.15. The van der Waals surface area contributed by atoms with Crippen LogP contribution >= 0.6 is 11.8 Å². The van der Waals surface area contributed by atoms with Crippen LogP contribution in [0.15, 0.2) is 40.6 Å². The van der Waals surface area contributed by atoms with Gasteiger partial charge in [-0.1, -0.05) is 25.6 Å². The molecule has 1 aromatic heterocycles. The first-order chi connectivity index (χ1) is 9.70. The van der Waals surface area contributed by atoms with Crippen molar-refractivity contribution in [2.24, 2.45) is 11.8 Å². The molecule has 1 fully saturated rings. The average Bonchev–Trinajstić information content (AvgIpc) is 2.87. The van der Waals surface area contributed by atoms with Crippen LogP contribution in [0.2, 0.25) is 0 Å². The topological polar surface area (TPSA) is 53.6 Å². The van der Waals surface area contributed by atoms with Gasteiger partial charge in [-0.3, -0.25) is 5.10 Å². The average molecular weight is 288 g/mol. The number of nitrogens with one attached hydrogen (secondary N) is 2. The molecule has 2 aromatic rings. The summed E-state index contributed by atoms with van der Waals surface area (Å²) in [5.74, 6) is 1.71. The molecular formula is C15H20N4S. The van der Waals surface area contributed by atoms with Gasteiger partial charge in [0.15, 0.2) is 5.16 Å². The van der Waals surface area contributed by atoms with Gasteiger partial charge in [-0.15, -0.1) is 0 Å². The smallest absolute Gasteiger partial charge is 0.188 e. The number of aromatic nitrogens is 3. The predicted octanol–water partition coefficient (Wildman–Crippen LogP) is 3.80. The van der Waals surface area contributed by atoms with Crippen molar-refractivity contribution in [3.63, 3.8) is 0 Å². The molecule has 20 heavy (non-hydrogen) atoms. The first kappa shape index (κ1) is 13.5. The highest BCUT2D eigenvalue weighted by Crippen LogP contribution is 2.35. The Morgan fingerprint density at radius 1 is 1.25 bits per heavy atom. The number of hydrogen-bond acceptors (Lipinski definition) is 4. The Balaban J connectivity index is 1.52. The lowest BCUT2D eigenvalue weighted by atomic mass is 9.73. The summed E-state index contributed by atoms with van der Waals surface area (Å²) in [6, 6.07) is 9.17. The summed E-state index contributed by atoms with van der Waals surface area (Å²) in [4.78, 5) is 5.28. The van der Waals surface area contributed by atoms with Gasteiger partial charge < -0.3 is 5.32 Å². The molecule has 1 saturated carbocycles.